The van der Waals surface area contributed by atoms with Gasteiger partial charge >= 0.3 is 0 Å². The van der Waals surface area contributed by atoms with Gasteiger partial charge in [0.25, 0.3) is 11.6 Å². The van der Waals surface area contributed by atoms with Crippen LogP contribution in [0.15, 0.2) is 12.3 Å². The number of aromatic nitrogens is 1. The molecule has 0 spiro atoms. The normalized spacial score (nSPS) is 9.62. The standard InChI is InChI=1S/C8H6ClN3O4/c1-4(13)11-8(14)6-2-5(12(15)16)3-10-7(6)9/h2-3H,1H3,(H,11,13,14). The van der Waals surface area contributed by atoms with Crippen LogP contribution in [0.25, 0.3) is 0 Å². The summed E-state index contributed by atoms with van der Waals surface area (Å²) >= 11 is 5.57. The first kappa shape index (κ1) is 12.1. The number of carbonyl (C=O) groups is 2. The minimum atomic E-state index is -0.825. The number of carbonyl (C=O) groups excluding carboxylic acids is 2. The largest absolute Gasteiger partial charge is 0.292 e. The van der Waals surface area contributed by atoms with Crippen molar-refractivity contribution in [1.29, 1.82) is 0 Å². The Labute approximate surface area is 94.6 Å². The van der Waals surface area contributed by atoms with Crippen molar-refractivity contribution in [3.63, 3.8) is 0 Å². The third-order valence-corrected chi connectivity index (χ3v) is 1.87. The molecule has 7 nitrogen and oxygen atoms in total. The predicted molar refractivity (Wildman–Crippen MR) is 54.0 cm³/mol. The topological polar surface area (TPSA) is 102 Å². The molecule has 16 heavy (non-hydrogen) atoms. The summed E-state index contributed by atoms with van der Waals surface area (Å²) in [5, 5.41) is 12.2. The second kappa shape index (κ2) is 4.67. The van der Waals surface area contributed by atoms with Crippen molar-refractivity contribution in [2.24, 2.45) is 0 Å². The van der Waals surface area contributed by atoms with Crippen LogP contribution in [0, 0.1) is 10.1 Å². The van der Waals surface area contributed by atoms with E-state index in [2.05, 4.69) is 4.98 Å². The first-order chi connectivity index (χ1) is 7.41. The number of pyridine rings is 1. The number of rotatable bonds is 2. The Balaban J connectivity index is 3.11. The molecule has 0 atom stereocenters. The maximum atomic E-state index is 11.4. The quantitative estimate of drug-likeness (QED) is 0.473. The van der Waals surface area contributed by atoms with Gasteiger partial charge in [-0.1, -0.05) is 11.6 Å². The number of hydrogen-bond donors (Lipinski definition) is 1. The molecular weight excluding hydrogens is 238 g/mol. The van der Waals surface area contributed by atoms with Gasteiger partial charge in [-0.25, -0.2) is 4.98 Å². The van der Waals surface area contributed by atoms with Crippen LogP contribution in [0.5, 0.6) is 0 Å². The zero-order valence-corrected chi connectivity index (χ0v) is 8.82. The molecule has 84 valence electrons. The summed E-state index contributed by atoms with van der Waals surface area (Å²) in [6.07, 6.45) is 0.923. The van der Waals surface area contributed by atoms with Crippen LogP contribution < -0.4 is 5.32 Å². The zero-order chi connectivity index (χ0) is 12.3. The van der Waals surface area contributed by atoms with Gasteiger partial charge in [0.2, 0.25) is 5.91 Å². The molecule has 0 radical (unpaired) electrons. The van der Waals surface area contributed by atoms with Crippen molar-refractivity contribution in [2.45, 2.75) is 6.92 Å². The van der Waals surface area contributed by atoms with Crippen LogP contribution in [0.1, 0.15) is 17.3 Å². The molecule has 0 aliphatic carbocycles. The van der Waals surface area contributed by atoms with Gasteiger partial charge < -0.3 is 0 Å². The third kappa shape index (κ3) is 2.74. The summed E-state index contributed by atoms with van der Waals surface area (Å²) in [6.45, 7) is 1.14. The number of nitro groups is 1. The van der Waals surface area contributed by atoms with Gasteiger partial charge in [-0.15, -0.1) is 0 Å². The summed E-state index contributed by atoms with van der Waals surface area (Å²) in [6, 6.07) is 0.952. The first-order valence-corrected chi connectivity index (χ1v) is 4.41. The average molecular weight is 244 g/mol. The van der Waals surface area contributed by atoms with E-state index in [9.17, 15) is 19.7 Å². The molecule has 0 bridgehead atoms. The first-order valence-electron chi connectivity index (χ1n) is 4.03. The Morgan fingerprint density at radius 1 is 1.56 bits per heavy atom. The van der Waals surface area contributed by atoms with Crippen LogP contribution in [0.3, 0.4) is 0 Å². The van der Waals surface area contributed by atoms with Gasteiger partial charge in [0.1, 0.15) is 11.3 Å². The monoisotopic (exact) mass is 243 g/mol. The summed E-state index contributed by atoms with van der Waals surface area (Å²) in [5.74, 6) is -1.42. The van der Waals surface area contributed by atoms with E-state index in [0.29, 0.717) is 0 Å². The second-order valence-corrected chi connectivity index (χ2v) is 3.16. The molecule has 0 saturated heterocycles. The van der Waals surface area contributed by atoms with Crippen molar-refractivity contribution < 1.29 is 14.5 Å². The van der Waals surface area contributed by atoms with Gasteiger partial charge in [-0.3, -0.25) is 25.0 Å². The van der Waals surface area contributed by atoms with Gasteiger partial charge in [-0.2, -0.15) is 0 Å². The van der Waals surface area contributed by atoms with Crippen molar-refractivity contribution in [3.8, 4) is 0 Å². The zero-order valence-electron chi connectivity index (χ0n) is 8.06. The highest BCUT2D eigenvalue weighted by atomic mass is 35.5. The van der Waals surface area contributed by atoms with Gasteiger partial charge in [0.05, 0.1) is 10.5 Å². The highest BCUT2D eigenvalue weighted by Gasteiger charge is 2.17. The predicted octanol–water partition coefficient (Wildman–Crippen LogP) is 0.920. The fraction of sp³-hybridized carbons (Fsp3) is 0.125. The van der Waals surface area contributed by atoms with Gasteiger partial charge in [0, 0.05) is 13.0 Å². The van der Waals surface area contributed by atoms with Crippen LogP contribution in [0.2, 0.25) is 5.15 Å². The summed E-state index contributed by atoms with van der Waals surface area (Å²) < 4.78 is 0. The molecule has 0 aromatic carbocycles. The molecule has 2 amide bonds. The highest BCUT2D eigenvalue weighted by molar-refractivity contribution is 6.33. The summed E-state index contributed by atoms with van der Waals surface area (Å²) in [5.41, 5.74) is -0.593. The van der Waals surface area contributed by atoms with Crippen molar-refractivity contribution in [1.82, 2.24) is 10.3 Å². The molecule has 1 N–H and O–H groups in total. The highest BCUT2D eigenvalue weighted by Crippen LogP contribution is 2.18. The number of nitrogens with one attached hydrogen (secondary N) is 1. The summed E-state index contributed by atoms with van der Waals surface area (Å²) in [4.78, 5) is 35.2. The van der Waals surface area contributed by atoms with E-state index in [0.717, 1.165) is 19.2 Å². The van der Waals surface area contributed by atoms with Crippen LogP contribution >= 0.6 is 11.6 Å². The molecular formula is C8H6ClN3O4. The lowest BCUT2D eigenvalue weighted by Gasteiger charge is -2.02. The van der Waals surface area contributed by atoms with Gasteiger partial charge in [0.15, 0.2) is 0 Å². The number of halogens is 1. The number of nitrogens with zero attached hydrogens (tertiary/aromatic N) is 2. The van der Waals surface area contributed by atoms with E-state index < -0.39 is 16.7 Å². The molecule has 1 heterocycles. The van der Waals surface area contributed by atoms with Crippen LogP contribution in [-0.4, -0.2) is 21.7 Å². The molecule has 0 aliphatic heterocycles. The average Bonchev–Trinajstić information content (AvgIpc) is 2.16. The molecule has 1 aromatic heterocycles. The SMILES string of the molecule is CC(=O)NC(=O)c1cc([N+](=O)[O-])cnc1Cl. The molecule has 8 heteroatoms. The van der Waals surface area contributed by atoms with E-state index in [1.165, 1.54) is 0 Å². The van der Waals surface area contributed by atoms with Crippen molar-refractivity contribution >= 4 is 29.1 Å². The molecule has 1 aromatic rings. The second-order valence-electron chi connectivity index (χ2n) is 2.80. The smallest absolute Gasteiger partial charge is 0.288 e. The van der Waals surface area contributed by atoms with Crippen LogP contribution in [0.4, 0.5) is 5.69 Å². The van der Waals surface area contributed by atoms with Crippen molar-refractivity contribution in [2.75, 3.05) is 0 Å². The lowest BCUT2D eigenvalue weighted by atomic mass is 10.2. The Kier molecular flexibility index (Phi) is 3.51. The minimum absolute atomic E-state index is 0.204. The van der Waals surface area contributed by atoms with E-state index in [-0.39, 0.29) is 16.4 Å². The Morgan fingerprint density at radius 3 is 2.69 bits per heavy atom. The van der Waals surface area contributed by atoms with Gasteiger partial charge in [-0.05, 0) is 0 Å². The lowest BCUT2D eigenvalue weighted by molar-refractivity contribution is -0.385. The molecule has 1 rings (SSSR count). The van der Waals surface area contributed by atoms with Crippen molar-refractivity contribution in [3.05, 3.63) is 33.1 Å². The van der Waals surface area contributed by atoms with Crippen LogP contribution in [-0.2, 0) is 4.79 Å². The lowest BCUT2D eigenvalue weighted by Crippen LogP contribution is -2.28. The summed E-state index contributed by atoms with van der Waals surface area (Å²) in [7, 11) is 0. The Morgan fingerprint density at radius 2 is 2.19 bits per heavy atom. The number of hydrogen-bond acceptors (Lipinski definition) is 5. The van der Waals surface area contributed by atoms with E-state index in [1.807, 2.05) is 5.32 Å². The Hall–Kier alpha value is -2.02. The van der Waals surface area contributed by atoms with E-state index in [1.54, 1.807) is 0 Å². The third-order valence-electron chi connectivity index (χ3n) is 1.57. The van der Waals surface area contributed by atoms with E-state index >= 15 is 0 Å². The number of imide groups is 1. The maximum Gasteiger partial charge on any atom is 0.288 e. The fourth-order valence-electron chi connectivity index (χ4n) is 0.923. The molecule has 0 saturated carbocycles. The molecule has 0 unspecified atom stereocenters. The molecule has 0 aliphatic rings. The fourth-order valence-corrected chi connectivity index (χ4v) is 1.11. The minimum Gasteiger partial charge on any atom is -0.292 e. The van der Waals surface area contributed by atoms with E-state index in [4.69, 9.17) is 11.6 Å². The number of amides is 2. The Bertz CT molecular complexity index is 474. The molecule has 0 fully saturated rings. The maximum absolute atomic E-state index is 11.4.